The first-order chi connectivity index (χ1) is 7.17. The van der Waals surface area contributed by atoms with Crippen molar-refractivity contribution < 1.29 is 0 Å². The normalized spacial score (nSPS) is 16.0. The molecule has 80 valence electrons. The third-order valence-corrected chi connectivity index (χ3v) is 1.94. The SMILES string of the molecule is CC.CC1(C)C=NC=c2cnncc2=C1. The van der Waals surface area contributed by atoms with E-state index < -0.39 is 0 Å². The third-order valence-electron chi connectivity index (χ3n) is 1.94. The van der Waals surface area contributed by atoms with Crippen LogP contribution in [0.15, 0.2) is 17.4 Å². The Balaban J connectivity index is 0.000000531. The van der Waals surface area contributed by atoms with E-state index in [4.69, 9.17) is 0 Å². The van der Waals surface area contributed by atoms with Gasteiger partial charge in [-0.1, -0.05) is 33.8 Å². The summed E-state index contributed by atoms with van der Waals surface area (Å²) in [5.41, 5.74) is -0.00914. The second kappa shape index (κ2) is 4.82. The van der Waals surface area contributed by atoms with E-state index in [0.717, 1.165) is 10.4 Å². The van der Waals surface area contributed by atoms with Gasteiger partial charge in [-0.15, -0.1) is 0 Å². The van der Waals surface area contributed by atoms with Gasteiger partial charge in [-0.3, -0.25) is 4.99 Å². The van der Waals surface area contributed by atoms with Gasteiger partial charge in [0, 0.05) is 28.3 Å². The van der Waals surface area contributed by atoms with Gasteiger partial charge in [0.15, 0.2) is 0 Å². The highest BCUT2D eigenvalue weighted by Gasteiger charge is 2.11. The van der Waals surface area contributed by atoms with Crippen LogP contribution in [0.2, 0.25) is 0 Å². The Kier molecular flexibility index (Phi) is 3.72. The first-order valence-corrected chi connectivity index (χ1v) is 5.21. The van der Waals surface area contributed by atoms with Crippen LogP contribution < -0.4 is 10.4 Å². The van der Waals surface area contributed by atoms with Gasteiger partial charge in [-0.25, -0.2) is 0 Å². The topological polar surface area (TPSA) is 38.1 Å². The molecule has 0 spiro atoms. The summed E-state index contributed by atoms with van der Waals surface area (Å²) < 4.78 is 0. The number of fused-ring (bicyclic) bond motifs is 1. The van der Waals surface area contributed by atoms with E-state index in [1.165, 1.54) is 0 Å². The lowest BCUT2D eigenvalue weighted by Crippen LogP contribution is -2.27. The molecule has 1 aromatic heterocycles. The molecule has 0 atom stereocenters. The predicted octanol–water partition coefficient (Wildman–Crippen LogP) is 1.13. The highest BCUT2D eigenvalue weighted by atomic mass is 15.1. The Labute approximate surface area is 90.3 Å². The van der Waals surface area contributed by atoms with Crippen LogP contribution in [0.4, 0.5) is 0 Å². The summed E-state index contributed by atoms with van der Waals surface area (Å²) in [5.74, 6) is 0. The summed E-state index contributed by atoms with van der Waals surface area (Å²) in [4.78, 5) is 4.22. The minimum Gasteiger partial charge on any atom is -0.267 e. The maximum Gasteiger partial charge on any atom is 0.0590 e. The highest BCUT2D eigenvalue weighted by Crippen LogP contribution is 2.13. The van der Waals surface area contributed by atoms with Gasteiger partial charge < -0.3 is 0 Å². The quantitative estimate of drug-likeness (QED) is 0.634. The molecule has 1 aliphatic rings. The summed E-state index contributed by atoms with van der Waals surface area (Å²) in [6.45, 7) is 8.22. The van der Waals surface area contributed by atoms with Crippen LogP contribution in [0.25, 0.3) is 12.3 Å². The zero-order chi connectivity index (χ0) is 11.3. The van der Waals surface area contributed by atoms with Crippen LogP contribution in [0.1, 0.15) is 27.7 Å². The summed E-state index contributed by atoms with van der Waals surface area (Å²) in [6, 6.07) is 0. The van der Waals surface area contributed by atoms with Crippen molar-refractivity contribution in [2.24, 2.45) is 10.4 Å². The standard InChI is InChI=1S/C10H11N3.C2H6/c1-10(2)3-8-5-12-13-6-9(8)4-11-7-10;1-2/h3-7H,1-2H3;1-2H3. The van der Waals surface area contributed by atoms with Gasteiger partial charge in [-0.05, 0) is 0 Å². The molecule has 0 bridgehead atoms. The van der Waals surface area contributed by atoms with Gasteiger partial charge in [0.1, 0.15) is 0 Å². The molecule has 0 N–H and O–H groups in total. The predicted molar refractivity (Wildman–Crippen MR) is 63.8 cm³/mol. The second-order valence-corrected chi connectivity index (χ2v) is 3.77. The average molecular weight is 203 g/mol. The highest BCUT2D eigenvalue weighted by molar-refractivity contribution is 5.76. The Morgan fingerprint density at radius 1 is 1.00 bits per heavy atom. The molecule has 0 aromatic carbocycles. The monoisotopic (exact) mass is 203 g/mol. The third kappa shape index (κ3) is 2.98. The van der Waals surface area contributed by atoms with E-state index in [-0.39, 0.29) is 5.41 Å². The maximum atomic E-state index is 4.22. The van der Waals surface area contributed by atoms with E-state index in [2.05, 4.69) is 35.1 Å². The molecule has 0 radical (unpaired) electrons. The molecular weight excluding hydrogens is 186 g/mol. The van der Waals surface area contributed by atoms with Crippen LogP contribution in [0, 0.1) is 5.41 Å². The second-order valence-electron chi connectivity index (χ2n) is 3.77. The fraction of sp³-hybridized carbons (Fsp3) is 0.417. The van der Waals surface area contributed by atoms with Crippen molar-refractivity contribution >= 4 is 18.5 Å². The molecular formula is C12H17N3. The zero-order valence-corrected chi connectivity index (χ0v) is 9.73. The molecule has 3 heteroatoms. The zero-order valence-electron chi connectivity index (χ0n) is 9.73. The first-order valence-electron chi connectivity index (χ1n) is 5.21. The lowest BCUT2D eigenvalue weighted by atomic mass is 9.94. The molecule has 0 fully saturated rings. The number of hydrogen-bond donors (Lipinski definition) is 0. The van der Waals surface area contributed by atoms with Crippen molar-refractivity contribution in [3.63, 3.8) is 0 Å². The molecule has 0 amide bonds. The molecule has 0 aliphatic carbocycles. The minimum atomic E-state index is -0.00914. The molecule has 0 saturated heterocycles. The number of hydrogen-bond acceptors (Lipinski definition) is 3. The molecule has 0 unspecified atom stereocenters. The van der Waals surface area contributed by atoms with Crippen LogP contribution in [0.5, 0.6) is 0 Å². The molecule has 1 aliphatic heterocycles. The molecule has 3 nitrogen and oxygen atoms in total. The summed E-state index contributed by atoms with van der Waals surface area (Å²) in [6.07, 6.45) is 9.37. The maximum absolute atomic E-state index is 4.22. The van der Waals surface area contributed by atoms with Crippen LogP contribution in [-0.2, 0) is 0 Å². The van der Waals surface area contributed by atoms with E-state index >= 15 is 0 Å². The van der Waals surface area contributed by atoms with Crippen LogP contribution in [-0.4, -0.2) is 16.4 Å². The largest absolute Gasteiger partial charge is 0.267 e. The lowest BCUT2D eigenvalue weighted by molar-refractivity contribution is 0.740. The van der Waals surface area contributed by atoms with Gasteiger partial charge in [-0.2, -0.15) is 10.2 Å². The van der Waals surface area contributed by atoms with E-state index in [1.807, 2.05) is 26.3 Å². The van der Waals surface area contributed by atoms with E-state index in [9.17, 15) is 0 Å². The molecule has 15 heavy (non-hydrogen) atoms. The molecule has 2 rings (SSSR count). The van der Waals surface area contributed by atoms with Crippen molar-refractivity contribution in [3.8, 4) is 0 Å². The minimum absolute atomic E-state index is 0.00914. The number of nitrogens with zero attached hydrogens (tertiary/aromatic N) is 3. The lowest BCUT2D eigenvalue weighted by Gasteiger charge is -2.10. The average Bonchev–Trinajstić information content (AvgIpc) is 2.37. The van der Waals surface area contributed by atoms with Gasteiger partial charge in [0.25, 0.3) is 0 Å². The first kappa shape index (κ1) is 11.6. The molecule has 1 aromatic rings. The number of aliphatic imine (C=N–C) groups is 1. The summed E-state index contributed by atoms with van der Waals surface area (Å²) in [7, 11) is 0. The van der Waals surface area contributed by atoms with E-state index in [1.54, 1.807) is 12.4 Å². The fourth-order valence-electron chi connectivity index (χ4n) is 1.32. The smallest absolute Gasteiger partial charge is 0.0590 e. The Bertz CT molecular complexity index is 458. The van der Waals surface area contributed by atoms with Crippen LogP contribution in [0.3, 0.4) is 0 Å². The van der Waals surface area contributed by atoms with Crippen molar-refractivity contribution in [2.45, 2.75) is 27.7 Å². The van der Waals surface area contributed by atoms with Crippen LogP contribution >= 0.6 is 0 Å². The Morgan fingerprint density at radius 2 is 1.60 bits per heavy atom. The summed E-state index contributed by atoms with van der Waals surface area (Å²) >= 11 is 0. The van der Waals surface area contributed by atoms with Crippen molar-refractivity contribution in [1.82, 2.24) is 10.2 Å². The van der Waals surface area contributed by atoms with E-state index in [0.29, 0.717) is 0 Å². The Morgan fingerprint density at radius 3 is 2.27 bits per heavy atom. The molecule has 2 heterocycles. The van der Waals surface area contributed by atoms with Gasteiger partial charge >= 0.3 is 0 Å². The number of aromatic nitrogens is 2. The summed E-state index contributed by atoms with van der Waals surface area (Å²) in [5, 5.41) is 9.78. The number of rotatable bonds is 0. The van der Waals surface area contributed by atoms with Gasteiger partial charge in [0.2, 0.25) is 0 Å². The van der Waals surface area contributed by atoms with Crippen molar-refractivity contribution in [3.05, 3.63) is 22.8 Å². The van der Waals surface area contributed by atoms with Crippen molar-refractivity contribution in [2.75, 3.05) is 0 Å². The molecule has 0 saturated carbocycles. The Hall–Kier alpha value is -1.51. The van der Waals surface area contributed by atoms with Gasteiger partial charge in [0.05, 0.1) is 12.4 Å². The fourth-order valence-corrected chi connectivity index (χ4v) is 1.32. The van der Waals surface area contributed by atoms with Crippen molar-refractivity contribution in [1.29, 1.82) is 0 Å².